The number of hydrogen-bond acceptors (Lipinski definition) is 4. The molecule has 3 aromatic carbocycles. The molecular formula is C28H28N2O2. The van der Waals surface area contributed by atoms with E-state index in [2.05, 4.69) is 66.1 Å². The number of ether oxygens (including phenoxy) is 1. The van der Waals surface area contributed by atoms with E-state index in [-0.39, 0.29) is 23.7 Å². The average Bonchev–Trinajstić information content (AvgIpc) is 2.97. The van der Waals surface area contributed by atoms with E-state index < -0.39 is 0 Å². The Balaban J connectivity index is 1.60. The summed E-state index contributed by atoms with van der Waals surface area (Å²) in [6.07, 6.45) is 2.75. The number of allylic oxidation sites excluding steroid dienone is 1. The summed E-state index contributed by atoms with van der Waals surface area (Å²) in [4.78, 5) is 13.6. The quantitative estimate of drug-likeness (QED) is 0.521. The second-order valence-electron chi connectivity index (χ2n) is 8.59. The van der Waals surface area contributed by atoms with Crippen LogP contribution in [0.5, 0.6) is 5.75 Å². The number of carbonyl (C=O) groups excluding carboxylic acids is 1. The number of carbonyl (C=O) groups is 1. The predicted molar refractivity (Wildman–Crippen MR) is 129 cm³/mol. The Bertz CT molecular complexity index is 1170. The lowest BCUT2D eigenvalue weighted by atomic mass is 9.76. The van der Waals surface area contributed by atoms with Gasteiger partial charge in [0.25, 0.3) is 0 Å². The molecule has 162 valence electrons. The van der Waals surface area contributed by atoms with Gasteiger partial charge < -0.3 is 15.4 Å². The van der Waals surface area contributed by atoms with Crippen molar-refractivity contribution in [2.45, 2.75) is 32.2 Å². The molecule has 0 fully saturated rings. The third-order valence-electron chi connectivity index (χ3n) is 6.37. The van der Waals surface area contributed by atoms with Crippen LogP contribution in [0.2, 0.25) is 0 Å². The lowest BCUT2D eigenvalue weighted by molar-refractivity contribution is -0.122. The molecule has 0 saturated heterocycles. The van der Waals surface area contributed by atoms with E-state index in [0.29, 0.717) is 13.0 Å². The highest BCUT2D eigenvalue weighted by Crippen LogP contribution is 2.44. The zero-order chi connectivity index (χ0) is 22.1. The summed E-state index contributed by atoms with van der Waals surface area (Å²) in [7, 11) is 0. The fourth-order valence-electron chi connectivity index (χ4n) is 4.77. The van der Waals surface area contributed by atoms with Crippen molar-refractivity contribution in [3.63, 3.8) is 0 Å². The van der Waals surface area contributed by atoms with Crippen LogP contribution in [0.4, 0.5) is 11.4 Å². The first-order chi connectivity index (χ1) is 15.6. The van der Waals surface area contributed by atoms with Crippen molar-refractivity contribution in [3.05, 3.63) is 101 Å². The van der Waals surface area contributed by atoms with Gasteiger partial charge in [0.2, 0.25) is 0 Å². The molecule has 1 aliphatic heterocycles. The molecular weight excluding hydrogens is 396 g/mol. The molecule has 4 heteroatoms. The van der Waals surface area contributed by atoms with Crippen molar-refractivity contribution >= 4 is 17.2 Å². The third kappa shape index (κ3) is 3.89. The van der Waals surface area contributed by atoms with Crippen molar-refractivity contribution in [1.82, 2.24) is 0 Å². The summed E-state index contributed by atoms with van der Waals surface area (Å²) < 4.78 is 5.74. The Labute approximate surface area is 189 Å². The maximum atomic E-state index is 13.6. The van der Waals surface area contributed by atoms with Gasteiger partial charge in [-0.15, -0.1) is 0 Å². The number of para-hydroxylation sites is 2. The Kier molecular flexibility index (Phi) is 5.44. The number of rotatable bonds is 4. The van der Waals surface area contributed by atoms with Crippen LogP contribution < -0.4 is 15.4 Å². The molecule has 0 saturated carbocycles. The lowest BCUT2D eigenvalue weighted by Gasteiger charge is -2.32. The molecule has 1 heterocycles. The minimum Gasteiger partial charge on any atom is -0.494 e. The smallest absolute Gasteiger partial charge is 0.145 e. The summed E-state index contributed by atoms with van der Waals surface area (Å²) in [5.74, 6) is 0.847. The Morgan fingerprint density at radius 1 is 0.938 bits per heavy atom. The van der Waals surface area contributed by atoms with Crippen LogP contribution in [0.15, 0.2) is 84.6 Å². The summed E-state index contributed by atoms with van der Waals surface area (Å²) in [6.45, 7) is 4.67. The van der Waals surface area contributed by atoms with Gasteiger partial charge in [0.1, 0.15) is 11.5 Å². The normalized spacial score (nSPS) is 21.9. The number of ketones is 1. The average molecular weight is 425 g/mol. The van der Waals surface area contributed by atoms with Gasteiger partial charge in [0.15, 0.2) is 0 Å². The van der Waals surface area contributed by atoms with E-state index in [4.69, 9.17) is 4.74 Å². The minimum atomic E-state index is -0.291. The van der Waals surface area contributed by atoms with E-state index in [1.807, 2.05) is 37.3 Å². The molecule has 0 radical (unpaired) electrons. The van der Waals surface area contributed by atoms with Crippen molar-refractivity contribution in [2.24, 2.45) is 5.92 Å². The number of benzene rings is 3. The largest absolute Gasteiger partial charge is 0.494 e. The molecule has 3 aromatic rings. The van der Waals surface area contributed by atoms with E-state index >= 15 is 0 Å². The van der Waals surface area contributed by atoms with Gasteiger partial charge in [-0.3, -0.25) is 4.79 Å². The number of Topliss-reactive ketones (excluding diaryl/α,β-unsaturated/α-hetero) is 1. The highest BCUT2D eigenvalue weighted by Gasteiger charge is 2.39. The van der Waals surface area contributed by atoms with Crippen LogP contribution in [0.1, 0.15) is 42.0 Å². The van der Waals surface area contributed by atoms with Gasteiger partial charge in [0, 0.05) is 18.0 Å². The molecule has 1 aliphatic carbocycles. The maximum Gasteiger partial charge on any atom is 0.145 e. The Hall–Kier alpha value is -3.53. The topological polar surface area (TPSA) is 50.4 Å². The number of aryl methyl sites for hydroxylation is 1. The first kappa shape index (κ1) is 20.4. The van der Waals surface area contributed by atoms with Gasteiger partial charge in [-0.1, -0.05) is 60.2 Å². The van der Waals surface area contributed by atoms with Crippen LogP contribution in [0.25, 0.3) is 0 Å². The highest BCUT2D eigenvalue weighted by atomic mass is 16.5. The van der Waals surface area contributed by atoms with E-state index in [1.165, 1.54) is 11.1 Å². The number of hydrogen-bond donors (Lipinski definition) is 2. The lowest BCUT2D eigenvalue weighted by Crippen LogP contribution is -2.33. The second-order valence-corrected chi connectivity index (χ2v) is 8.59. The molecule has 0 bridgehead atoms. The molecule has 2 aliphatic rings. The highest BCUT2D eigenvalue weighted by molar-refractivity contribution is 5.90. The standard InChI is InChI=1S/C28H28N2O2/c1-3-32-22-8-6-7-20(15-22)28-27-25(29-23-9-4-5-10-24(23)30-28)16-21(17-26(27)31)19-13-11-18(2)12-14-19/h4-16,21,27-30H,3,17H2,1-2H3. The molecule has 0 spiro atoms. The van der Waals surface area contributed by atoms with Gasteiger partial charge in [-0.2, -0.15) is 0 Å². The van der Waals surface area contributed by atoms with Crippen LogP contribution >= 0.6 is 0 Å². The monoisotopic (exact) mass is 424 g/mol. The van der Waals surface area contributed by atoms with E-state index in [1.54, 1.807) is 0 Å². The van der Waals surface area contributed by atoms with E-state index in [0.717, 1.165) is 28.4 Å². The molecule has 4 nitrogen and oxygen atoms in total. The molecule has 5 rings (SSSR count). The van der Waals surface area contributed by atoms with Gasteiger partial charge in [-0.05, 0) is 49.2 Å². The first-order valence-electron chi connectivity index (χ1n) is 11.3. The molecule has 0 amide bonds. The van der Waals surface area contributed by atoms with Crippen LogP contribution in [0, 0.1) is 12.8 Å². The summed E-state index contributed by atoms with van der Waals surface area (Å²) in [5.41, 5.74) is 6.40. The van der Waals surface area contributed by atoms with Crippen LogP contribution in [-0.2, 0) is 4.79 Å². The Morgan fingerprint density at radius 2 is 1.72 bits per heavy atom. The first-order valence-corrected chi connectivity index (χ1v) is 11.3. The van der Waals surface area contributed by atoms with Crippen LogP contribution in [-0.4, -0.2) is 12.4 Å². The van der Waals surface area contributed by atoms with Crippen molar-refractivity contribution in [2.75, 3.05) is 17.2 Å². The summed E-state index contributed by atoms with van der Waals surface area (Å²) in [5, 5.41) is 7.25. The summed E-state index contributed by atoms with van der Waals surface area (Å²) in [6, 6.07) is 24.5. The van der Waals surface area contributed by atoms with Gasteiger partial charge in [0.05, 0.1) is 29.9 Å². The molecule has 0 aromatic heterocycles. The Morgan fingerprint density at radius 3 is 2.50 bits per heavy atom. The molecule has 3 unspecified atom stereocenters. The van der Waals surface area contributed by atoms with Crippen molar-refractivity contribution in [3.8, 4) is 5.75 Å². The number of fused-ring (bicyclic) bond motifs is 2. The SMILES string of the molecule is CCOc1cccc(C2Nc3ccccc3NC3=CC(c4ccc(C)cc4)CC(=O)C32)c1. The zero-order valence-corrected chi connectivity index (χ0v) is 18.5. The fourth-order valence-corrected chi connectivity index (χ4v) is 4.77. The van der Waals surface area contributed by atoms with Crippen molar-refractivity contribution < 1.29 is 9.53 Å². The number of nitrogens with one attached hydrogen (secondary N) is 2. The van der Waals surface area contributed by atoms with E-state index in [9.17, 15) is 4.79 Å². The van der Waals surface area contributed by atoms with Crippen molar-refractivity contribution in [1.29, 1.82) is 0 Å². The van der Waals surface area contributed by atoms with Crippen LogP contribution in [0.3, 0.4) is 0 Å². The molecule has 2 N–H and O–H groups in total. The minimum absolute atomic E-state index is 0.0718. The molecule has 3 atom stereocenters. The predicted octanol–water partition coefficient (Wildman–Crippen LogP) is 6.23. The second kappa shape index (κ2) is 8.54. The third-order valence-corrected chi connectivity index (χ3v) is 6.37. The maximum absolute atomic E-state index is 13.6. The molecule has 32 heavy (non-hydrogen) atoms. The summed E-state index contributed by atoms with van der Waals surface area (Å²) >= 11 is 0. The number of anilines is 2. The van der Waals surface area contributed by atoms with Gasteiger partial charge >= 0.3 is 0 Å². The fraction of sp³-hybridized carbons (Fsp3) is 0.250. The van der Waals surface area contributed by atoms with Gasteiger partial charge in [-0.25, -0.2) is 0 Å². The zero-order valence-electron chi connectivity index (χ0n) is 18.5.